The van der Waals surface area contributed by atoms with Crippen LogP contribution in [0.3, 0.4) is 0 Å². The summed E-state index contributed by atoms with van der Waals surface area (Å²) in [5.74, 6) is 0.106. The first-order chi connectivity index (χ1) is 11.6. The standard InChI is InChI=1S/C16H19FN4O3/c1-24-16(23)18-9-14(22)21-7-3-2-4-13(21)15-19-11-6-5-10(17)8-12(11)20-15/h5-6,8,13H,2-4,7,9H2,1H3,(H,18,23)(H,19,20)/t13-/m0/s1. The van der Waals surface area contributed by atoms with E-state index < -0.39 is 6.09 Å². The lowest BCUT2D eigenvalue weighted by atomic mass is 10.0. The van der Waals surface area contributed by atoms with Crippen LogP contribution in [0, 0.1) is 5.82 Å². The first kappa shape index (κ1) is 16.2. The fraction of sp³-hybridized carbons (Fsp3) is 0.438. The van der Waals surface area contributed by atoms with Crippen molar-refractivity contribution in [1.29, 1.82) is 0 Å². The number of halogens is 1. The Balaban J connectivity index is 1.80. The van der Waals surface area contributed by atoms with E-state index in [9.17, 15) is 14.0 Å². The minimum atomic E-state index is -0.642. The molecule has 1 fully saturated rings. The molecule has 3 rings (SSSR count). The van der Waals surface area contributed by atoms with Crippen molar-refractivity contribution < 1.29 is 18.7 Å². The van der Waals surface area contributed by atoms with Gasteiger partial charge in [0.1, 0.15) is 18.2 Å². The Labute approximate surface area is 138 Å². The zero-order chi connectivity index (χ0) is 17.1. The quantitative estimate of drug-likeness (QED) is 0.900. The highest BCUT2D eigenvalue weighted by molar-refractivity contribution is 5.83. The van der Waals surface area contributed by atoms with E-state index in [0.29, 0.717) is 23.4 Å². The molecule has 0 bridgehead atoms. The predicted molar refractivity (Wildman–Crippen MR) is 84.8 cm³/mol. The number of carbonyl (C=O) groups excluding carboxylic acids is 2. The van der Waals surface area contributed by atoms with Crippen molar-refractivity contribution in [2.24, 2.45) is 0 Å². The van der Waals surface area contributed by atoms with Crippen molar-refractivity contribution in [2.75, 3.05) is 20.2 Å². The molecular weight excluding hydrogens is 315 g/mol. The molecule has 0 aliphatic carbocycles. The summed E-state index contributed by atoms with van der Waals surface area (Å²) in [7, 11) is 1.25. The summed E-state index contributed by atoms with van der Waals surface area (Å²) in [6, 6.07) is 4.15. The normalized spacial score (nSPS) is 17.8. The fourth-order valence-corrected chi connectivity index (χ4v) is 3.00. The molecule has 2 heterocycles. The van der Waals surface area contributed by atoms with Crippen LogP contribution >= 0.6 is 0 Å². The highest BCUT2D eigenvalue weighted by Crippen LogP contribution is 2.30. The lowest BCUT2D eigenvalue weighted by Gasteiger charge is -2.34. The number of H-pyrrole nitrogens is 1. The van der Waals surface area contributed by atoms with E-state index in [1.165, 1.54) is 19.2 Å². The van der Waals surface area contributed by atoms with Gasteiger partial charge in [-0.3, -0.25) is 4.79 Å². The molecule has 1 aromatic carbocycles. The van der Waals surface area contributed by atoms with Crippen molar-refractivity contribution in [3.63, 3.8) is 0 Å². The summed E-state index contributed by atoms with van der Waals surface area (Å²) in [6.07, 6.45) is 2.00. The number of piperidine rings is 1. The number of nitrogens with zero attached hydrogens (tertiary/aromatic N) is 2. The highest BCUT2D eigenvalue weighted by Gasteiger charge is 2.30. The maximum atomic E-state index is 13.3. The molecule has 8 heteroatoms. The minimum absolute atomic E-state index is 0.127. The van der Waals surface area contributed by atoms with Crippen LogP contribution in [0.5, 0.6) is 0 Å². The number of carbonyl (C=O) groups is 2. The van der Waals surface area contributed by atoms with Crippen molar-refractivity contribution in [2.45, 2.75) is 25.3 Å². The van der Waals surface area contributed by atoms with E-state index in [-0.39, 0.29) is 24.3 Å². The number of ether oxygens (including phenoxy) is 1. The van der Waals surface area contributed by atoms with Crippen LogP contribution in [0.1, 0.15) is 31.1 Å². The average molecular weight is 334 g/mol. The maximum absolute atomic E-state index is 13.3. The van der Waals surface area contributed by atoms with Crippen LogP contribution in [0.15, 0.2) is 18.2 Å². The van der Waals surface area contributed by atoms with Gasteiger partial charge in [0.05, 0.1) is 24.2 Å². The molecule has 2 N–H and O–H groups in total. The summed E-state index contributed by atoms with van der Waals surface area (Å²) < 4.78 is 17.8. The van der Waals surface area contributed by atoms with Crippen LogP contribution in [-0.4, -0.2) is 47.1 Å². The smallest absolute Gasteiger partial charge is 0.407 e. The van der Waals surface area contributed by atoms with Crippen molar-refractivity contribution in [3.8, 4) is 0 Å². The second-order valence-electron chi connectivity index (χ2n) is 5.73. The van der Waals surface area contributed by atoms with Crippen molar-refractivity contribution in [1.82, 2.24) is 20.2 Å². The molecule has 1 aromatic heterocycles. The van der Waals surface area contributed by atoms with Crippen LogP contribution < -0.4 is 5.32 Å². The number of rotatable bonds is 3. The second kappa shape index (κ2) is 6.86. The SMILES string of the molecule is COC(=O)NCC(=O)N1CCCC[C@H]1c1nc2ccc(F)cc2[nH]1. The molecule has 1 saturated heterocycles. The molecule has 0 spiro atoms. The zero-order valence-corrected chi connectivity index (χ0v) is 13.3. The van der Waals surface area contributed by atoms with Gasteiger partial charge in [-0.2, -0.15) is 0 Å². The van der Waals surface area contributed by atoms with Crippen LogP contribution in [0.25, 0.3) is 11.0 Å². The first-order valence-corrected chi connectivity index (χ1v) is 7.85. The number of aromatic amines is 1. The zero-order valence-electron chi connectivity index (χ0n) is 13.3. The van der Waals surface area contributed by atoms with Crippen LogP contribution in [0.4, 0.5) is 9.18 Å². The Morgan fingerprint density at radius 2 is 2.29 bits per heavy atom. The summed E-state index contributed by atoms with van der Waals surface area (Å²) in [4.78, 5) is 32.9. The van der Waals surface area contributed by atoms with E-state index in [4.69, 9.17) is 0 Å². The Hall–Kier alpha value is -2.64. The molecule has 24 heavy (non-hydrogen) atoms. The molecule has 1 aliphatic heterocycles. The topological polar surface area (TPSA) is 87.3 Å². The van der Waals surface area contributed by atoms with Crippen LogP contribution in [0.2, 0.25) is 0 Å². The highest BCUT2D eigenvalue weighted by atomic mass is 19.1. The van der Waals surface area contributed by atoms with E-state index in [1.54, 1.807) is 11.0 Å². The number of hydrogen-bond donors (Lipinski definition) is 2. The summed E-state index contributed by atoms with van der Waals surface area (Å²) in [6.45, 7) is 0.468. The average Bonchev–Trinajstić information content (AvgIpc) is 3.02. The Bertz CT molecular complexity index is 761. The molecule has 1 aliphatic rings. The Morgan fingerprint density at radius 1 is 1.46 bits per heavy atom. The van der Waals surface area contributed by atoms with Gasteiger partial charge in [-0.05, 0) is 37.5 Å². The molecule has 0 saturated carbocycles. The number of likely N-dealkylation sites (tertiary alicyclic amines) is 1. The lowest BCUT2D eigenvalue weighted by Crippen LogP contribution is -2.44. The number of amides is 2. The minimum Gasteiger partial charge on any atom is -0.453 e. The lowest BCUT2D eigenvalue weighted by molar-refractivity contribution is -0.134. The number of hydrogen-bond acceptors (Lipinski definition) is 4. The Kier molecular flexibility index (Phi) is 4.64. The third-order valence-electron chi connectivity index (χ3n) is 4.17. The maximum Gasteiger partial charge on any atom is 0.407 e. The molecule has 7 nitrogen and oxygen atoms in total. The largest absolute Gasteiger partial charge is 0.453 e. The monoisotopic (exact) mass is 334 g/mol. The molecule has 128 valence electrons. The molecule has 2 aromatic rings. The van der Waals surface area contributed by atoms with Gasteiger partial charge >= 0.3 is 6.09 Å². The van der Waals surface area contributed by atoms with Gasteiger partial charge in [-0.1, -0.05) is 0 Å². The molecule has 2 amide bonds. The number of methoxy groups -OCH3 is 1. The summed E-state index contributed by atoms with van der Waals surface area (Å²) in [5, 5.41) is 2.40. The van der Waals surface area contributed by atoms with Gasteiger partial charge in [0.2, 0.25) is 5.91 Å². The number of alkyl carbamates (subject to hydrolysis) is 1. The Morgan fingerprint density at radius 3 is 3.08 bits per heavy atom. The number of fused-ring (bicyclic) bond motifs is 1. The van der Waals surface area contributed by atoms with Crippen LogP contribution in [-0.2, 0) is 9.53 Å². The predicted octanol–water partition coefficient (Wildman–Crippen LogP) is 2.11. The molecule has 1 atom stereocenters. The summed E-state index contributed by atoms with van der Waals surface area (Å²) >= 11 is 0. The number of aromatic nitrogens is 2. The third kappa shape index (κ3) is 3.32. The molecule has 0 unspecified atom stereocenters. The third-order valence-corrected chi connectivity index (χ3v) is 4.17. The van der Waals surface area contributed by atoms with Gasteiger partial charge in [0.25, 0.3) is 0 Å². The molecular formula is C16H19FN4O3. The van der Waals surface area contributed by atoms with E-state index in [2.05, 4.69) is 20.0 Å². The van der Waals surface area contributed by atoms with E-state index in [1.807, 2.05) is 0 Å². The van der Waals surface area contributed by atoms with Gasteiger partial charge < -0.3 is 19.9 Å². The van der Waals surface area contributed by atoms with Gasteiger partial charge in [0.15, 0.2) is 0 Å². The first-order valence-electron chi connectivity index (χ1n) is 7.85. The second-order valence-corrected chi connectivity index (χ2v) is 5.73. The summed E-state index contributed by atoms with van der Waals surface area (Å²) in [5.41, 5.74) is 1.27. The van der Waals surface area contributed by atoms with Gasteiger partial charge in [-0.25, -0.2) is 14.2 Å². The van der Waals surface area contributed by atoms with E-state index in [0.717, 1.165) is 19.3 Å². The van der Waals surface area contributed by atoms with E-state index >= 15 is 0 Å². The van der Waals surface area contributed by atoms with Crippen molar-refractivity contribution >= 4 is 23.0 Å². The number of nitrogens with one attached hydrogen (secondary N) is 2. The number of imidazole rings is 1. The van der Waals surface area contributed by atoms with Gasteiger partial charge in [0, 0.05) is 6.54 Å². The molecule has 0 radical (unpaired) electrons. The fourth-order valence-electron chi connectivity index (χ4n) is 3.00. The van der Waals surface area contributed by atoms with Crippen molar-refractivity contribution in [3.05, 3.63) is 29.8 Å². The van der Waals surface area contributed by atoms with Gasteiger partial charge in [-0.15, -0.1) is 0 Å². The number of benzene rings is 1.